The first-order valence-electron chi connectivity index (χ1n) is 4.26. The molecule has 4 heteroatoms. The first-order valence-corrected chi connectivity index (χ1v) is 5.06. The number of hydrogen-bond donors (Lipinski definition) is 1. The van der Waals surface area contributed by atoms with Gasteiger partial charge < -0.3 is 10.1 Å². The third-order valence-corrected chi connectivity index (χ3v) is 2.17. The van der Waals surface area contributed by atoms with Gasteiger partial charge in [-0.3, -0.25) is 4.79 Å². The molecule has 1 amide bonds. The van der Waals surface area contributed by atoms with Crippen LogP contribution in [0.2, 0.25) is 0 Å². The summed E-state index contributed by atoms with van der Waals surface area (Å²) >= 11 is 3.31. The quantitative estimate of drug-likeness (QED) is 0.836. The number of carbonyl (C=O) groups is 1. The highest BCUT2D eigenvalue weighted by Gasteiger charge is 2.03. The molecule has 1 aromatic carbocycles. The largest absolute Gasteiger partial charge is 0.383 e. The Balaban J connectivity index is 2.52. The van der Waals surface area contributed by atoms with Crippen molar-refractivity contribution in [3.8, 4) is 0 Å². The van der Waals surface area contributed by atoms with Crippen molar-refractivity contribution in [3.63, 3.8) is 0 Å². The van der Waals surface area contributed by atoms with E-state index in [9.17, 15) is 4.79 Å². The average Bonchev–Trinajstić information content (AvgIpc) is 2.18. The molecule has 1 rings (SSSR count). The number of carbonyl (C=O) groups excluding carboxylic acids is 1. The Labute approximate surface area is 91.6 Å². The summed E-state index contributed by atoms with van der Waals surface area (Å²) < 4.78 is 5.73. The van der Waals surface area contributed by atoms with E-state index < -0.39 is 0 Å². The minimum Gasteiger partial charge on any atom is -0.383 e. The zero-order valence-electron chi connectivity index (χ0n) is 7.92. The molecular formula is C10H12BrNO2. The van der Waals surface area contributed by atoms with Gasteiger partial charge in [0.25, 0.3) is 5.91 Å². The van der Waals surface area contributed by atoms with Crippen LogP contribution in [0.1, 0.15) is 10.4 Å². The Kier molecular flexibility index (Phi) is 4.62. The van der Waals surface area contributed by atoms with E-state index in [2.05, 4.69) is 21.2 Å². The second-order valence-corrected chi connectivity index (χ2v) is 3.67. The maximum Gasteiger partial charge on any atom is 0.251 e. The fourth-order valence-electron chi connectivity index (χ4n) is 0.998. The van der Waals surface area contributed by atoms with E-state index >= 15 is 0 Å². The van der Waals surface area contributed by atoms with E-state index in [-0.39, 0.29) is 5.91 Å². The second kappa shape index (κ2) is 5.78. The molecule has 0 unspecified atom stereocenters. The van der Waals surface area contributed by atoms with E-state index in [1.807, 2.05) is 12.1 Å². The number of methoxy groups -OCH3 is 1. The van der Waals surface area contributed by atoms with Crippen LogP contribution < -0.4 is 5.32 Å². The van der Waals surface area contributed by atoms with Gasteiger partial charge in [-0.2, -0.15) is 0 Å². The van der Waals surface area contributed by atoms with Crippen LogP contribution in [-0.2, 0) is 4.74 Å². The van der Waals surface area contributed by atoms with Crippen molar-refractivity contribution in [2.75, 3.05) is 20.3 Å². The summed E-state index contributed by atoms with van der Waals surface area (Å²) in [5, 5.41) is 2.74. The zero-order valence-corrected chi connectivity index (χ0v) is 9.50. The van der Waals surface area contributed by atoms with E-state index in [0.717, 1.165) is 4.47 Å². The van der Waals surface area contributed by atoms with E-state index in [1.165, 1.54) is 0 Å². The van der Waals surface area contributed by atoms with Gasteiger partial charge >= 0.3 is 0 Å². The lowest BCUT2D eigenvalue weighted by Gasteiger charge is -2.04. The van der Waals surface area contributed by atoms with Gasteiger partial charge in [-0.15, -0.1) is 0 Å². The summed E-state index contributed by atoms with van der Waals surface area (Å²) in [5.74, 6) is -0.0802. The SMILES string of the molecule is COCCNC(=O)c1cccc(Br)c1. The van der Waals surface area contributed by atoms with Crippen LogP contribution in [0.5, 0.6) is 0 Å². The number of hydrogen-bond acceptors (Lipinski definition) is 2. The Bertz CT molecular complexity index is 315. The number of rotatable bonds is 4. The lowest BCUT2D eigenvalue weighted by atomic mass is 10.2. The fourth-order valence-corrected chi connectivity index (χ4v) is 1.40. The molecule has 14 heavy (non-hydrogen) atoms. The molecule has 0 fully saturated rings. The molecule has 3 nitrogen and oxygen atoms in total. The third kappa shape index (κ3) is 3.47. The Morgan fingerprint density at radius 3 is 3.00 bits per heavy atom. The van der Waals surface area contributed by atoms with Crippen LogP contribution in [0.3, 0.4) is 0 Å². The van der Waals surface area contributed by atoms with Crippen LogP contribution in [0.25, 0.3) is 0 Å². The highest BCUT2D eigenvalue weighted by Crippen LogP contribution is 2.11. The molecule has 0 aliphatic carbocycles. The number of nitrogens with one attached hydrogen (secondary N) is 1. The van der Waals surface area contributed by atoms with Crippen LogP contribution >= 0.6 is 15.9 Å². The van der Waals surface area contributed by atoms with E-state index in [1.54, 1.807) is 19.2 Å². The van der Waals surface area contributed by atoms with Crippen molar-refractivity contribution >= 4 is 21.8 Å². The highest BCUT2D eigenvalue weighted by molar-refractivity contribution is 9.10. The fraction of sp³-hybridized carbons (Fsp3) is 0.300. The molecule has 0 heterocycles. The predicted octanol–water partition coefficient (Wildman–Crippen LogP) is 1.83. The molecule has 0 spiro atoms. The number of ether oxygens (including phenoxy) is 1. The minimum atomic E-state index is -0.0802. The van der Waals surface area contributed by atoms with Crippen molar-refractivity contribution in [2.45, 2.75) is 0 Å². The lowest BCUT2D eigenvalue weighted by Crippen LogP contribution is -2.26. The van der Waals surface area contributed by atoms with Gasteiger partial charge in [0.1, 0.15) is 0 Å². The maximum atomic E-state index is 11.5. The van der Waals surface area contributed by atoms with Crippen molar-refractivity contribution in [2.24, 2.45) is 0 Å². The molecule has 0 saturated carbocycles. The first kappa shape index (κ1) is 11.2. The molecule has 0 aliphatic heterocycles. The minimum absolute atomic E-state index is 0.0802. The van der Waals surface area contributed by atoms with Crippen molar-refractivity contribution in [1.29, 1.82) is 0 Å². The van der Waals surface area contributed by atoms with Crippen molar-refractivity contribution < 1.29 is 9.53 Å². The smallest absolute Gasteiger partial charge is 0.251 e. The van der Waals surface area contributed by atoms with Crippen molar-refractivity contribution in [1.82, 2.24) is 5.32 Å². The summed E-state index contributed by atoms with van der Waals surface area (Å²) in [6.07, 6.45) is 0. The van der Waals surface area contributed by atoms with Crippen LogP contribution in [-0.4, -0.2) is 26.2 Å². The number of amides is 1. The third-order valence-electron chi connectivity index (χ3n) is 1.68. The van der Waals surface area contributed by atoms with E-state index in [4.69, 9.17) is 4.74 Å². The van der Waals surface area contributed by atoms with Gasteiger partial charge in [0, 0.05) is 23.7 Å². The molecule has 1 N–H and O–H groups in total. The summed E-state index contributed by atoms with van der Waals surface area (Å²) in [6.45, 7) is 1.06. The molecule has 0 bridgehead atoms. The molecular weight excluding hydrogens is 246 g/mol. The van der Waals surface area contributed by atoms with Crippen molar-refractivity contribution in [3.05, 3.63) is 34.3 Å². The standard InChI is InChI=1S/C10H12BrNO2/c1-14-6-5-12-10(13)8-3-2-4-9(11)7-8/h2-4,7H,5-6H2,1H3,(H,12,13). The monoisotopic (exact) mass is 257 g/mol. The van der Waals surface area contributed by atoms with Gasteiger partial charge in [0.05, 0.1) is 6.61 Å². The Morgan fingerprint density at radius 1 is 1.57 bits per heavy atom. The number of halogens is 1. The summed E-state index contributed by atoms with van der Waals surface area (Å²) in [4.78, 5) is 11.5. The first-order chi connectivity index (χ1) is 6.74. The molecule has 0 radical (unpaired) electrons. The predicted molar refractivity (Wildman–Crippen MR) is 58.4 cm³/mol. The second-order valence-electron chi connectivity index (χ2n) is 2.76. The molecule has 76 valence electrons. The topological polar surface area (TPSA) is 38.3 Å². The Hall–Kier alpha value is -0.870. The molecule has 0 aromatic heterocycles. The maximum absolute atomic E-state index is 11.5. The molecule has 1 aromatic rings. The molecule has 0 aliphatic rings. The van der Waals surface area contributed by atoms with Gasteiger partial charge in [0.2, 0.25) is 0 Å². The normalized spacial score (nSPS) is 9.86. The van der Waals surface area contributed by atoms with Gasteiger partial charge in [0.15, 0.2) is 0 Å². The van der Waals surface area contributed by atoms with Gasteiger partial charge in [-0.05, 0) is 18.2 Å². The van der Waals surface area contributed by atoms with Gasteiger partial charge in [-0.25, -0.2) is 0 Å². The Morgan fingerprint density at radius 2 is 2.36 bits per heavy atom. The van der Waals surface area contributed by atoms with Crippen LogP contribution in [0.4, 0.5) is 0 Å². The highest BCUT2D eigenvalue weighted by atomic mass is 79.9. The molecule has 0 saturated heterocycles. The molecule has 0 atom stereocenters. The summed E-state index contributed by atoms with van der Waals surface area (Å²) in [5.41, 5.74) is 0.649. The van der Waals surface area contributed by atoms with E-state index in [0.29, 0.717) is 18.7 Å². The average molecular weight is 258 g/mol. The lowest BCUT2D eigenvalue weighted by molar-refractivity contribution is 0.0937. The number of benzene rings is 1. The summed E-state index contributed by atoms with van der Waals surface area (Å²) in [6, 6.07) is 7.26. The van der Waals surface area contributed by atoms with Crippen LogP contribution in [0, 0.1) is 0 Å². The van der Waals surface area contributed by atoms with Crippen LogP contribution in [0.15, 0.2) is 28.7 Å². The van der Waals surface area contributed by atoms with Gasteiger partial charge in [-0.1, -0.05) is 22.0 Å². The zero-order chi connectivity index (χ0) is 10.4. The summed E-state index contributed by atoms with van der Waals surface area (Å²) in [7, 11) is 1.60.